The molecular formula is C16H16BrNO3. The highest BCUT2D eigenvalue weighted by molar-refractivity contribution is 9.10. The summed E-state index contributed by atoms with van der Waals surface area (Å²) in [6, 6.07) is 5.73. The van der Waals surface area contributed by atoms with Gasteiger partial charge in [0.25, 0.3) is 0 Å². The van der Waals surface area contributed by atoms with Crippen molar-refractivity contribution in [2.45, 2.75) is 25.9 Å². The number of fused-ring (bicyclic) bond motifs is 1. The number of ether oxygens (including phenoxy) is 1. The molecule has 5 heteroatoms. The first-order valence-electron chi connectivity index (χ1n) is 7.32. The van der Waals surface area contributed by atoms with Crippen LogP contribution < -0.4 is 5.32 Å². The molecule has 1 heterocycles. The van der Waals surface area contributed by atoms with Crippen molar-refractivity contribution in [2.75, 3.05) is 5.32 Å². The van der Waals surface area contributed by atoms with Crippen molar-refractivity contribution in [3.05, 3.63) is 28.2 Å². The lowest BCUT2D eigenvalue weighted by molar-refractivity contribution is -0.145. The molecule has 0 aromatic heterocycles. The lowest BCUT2D eigenvalue weighted by Crippen LogP contribution is -2.35. The van der Waals surface area contributed by atoms with E-state index >= 15 is 0 Å². The maximum atomic E-state index is 12.6. The molecule has 1 saturated heterocycles. The third-order valence-electron chi connectivity index (χ3n) is 5.21. The molecule has 21 heavy (non-hydrogen) atoms. The van der Waals surface area contributed by atoms with E-state index in [0.29, 0.717) is 5.92 Å². The maximum Gasteiger partial charge on any atom is 0.310 e. The minimum Gasteiger partial charge on any atom is -0.462 e. The molecule has 110 valence electrons. The standard InChI is InChI=1S/C16H16BrNO3/c1-7-4-9(2-3-11(7)17)18-15(19)13-8-5-10-12(6-8)21-16(20)14(10)13/h2-4,8,10,12-14H,5-6H2,1H3,(H,18,19)/t8-,10-,12-,13+,14+/m1/s1. The SMILES string of the molecule is Cc1cc(NC(=O)[C@H]2[C@@H]3C[C@H]4[C@@H]2C(=O)O[C@@H]4C3)ccc1Br. The van der Waals surface area contributed by atoms with Crippen LogP contribution in [-0.4, -0.2) is 18.0 Å². The number of carbonyl (C=O) groups excluding carboxylic acids is 2. The zero-order valence-corrected chi connectivity index (χ0v) is 13.2. The highest BCUT2D eigenvalue weighted by Crippen LogP contribution is 2.57. The predicted molar refractivity (Wildman–Crippen MR) is 80.6 cm³/mol. The molecule has 3 aliphatic rings. The van der Waals surface area contributed by atoms with Gasteiger partial charge in [-0.1, -0.05) is 15.9 Å². The van der Waals surface area contributed by atoms with Gasteiger partial charge in [-0.3, -0.25) is 9.59 Å². The van der Waals surface area contributed by atoms with E-state index in [0.717, 1.165) is 28.6 Å². The zero-order chi connectivity index (χ0) is 14.7. The summed E-state index contributed by atoms with van der Waals surface area (Å²) in [5.74, 6) is -0.0722. The van der Waals surface area contributed by atoms with Gasteiger partial charge in [0.2, 0.25) is 5.91 Å². The van der Waals surface area contributed by atoms with Crippen LogP contribution in [0, 0.1) is 30.6 Å². The Bertz CT molecular complexity index is 642. The van der Waals surface area contributed by atoms with Crippen LogP contribution in [0.25, 0.3) is 0 Å². The van der Waals surface area contributed by atoms with Crippen LogP contribution in [0.3, 0.4) is 0 Å². The average molecular weight is 350 g/mol. The summed E-state index contributed by atoms with van der Waals surface area (Å²) in [7, 11) is 0. The van der Waals surface area contributed by atoms with Crippen LogP contribution in [-0.2, 0) is 14.3 Å². The van der Waals surface area contributed by atoms with Gasteiger partial charge in [0.15, 0.2) is 0 Å². The van der Waals surface area contributed by atoms with Crippen LogP contribution in [0.2, 0.25) is 0 Å². The smallest absolute Gasteiger partial charge is 0.310 e. The minimum absolute atomic E-state index is 0.0356. The van der Waals surface area contributed by atoms with E-state index in [-0.39, 0.29) is 35.7 Å². The van der Waals surface area contributed by atoms with Gasteiger partial charge in [-0.25, -0.2) is 0 Å². The first kappa shape index (κ1) is 13.3. The molecule has 2 aliphatic carbocycles. The molecule has 3 fully saturated rings. The molecule has 1 aliphatic heterocycles. The second-order valence-corrected chi connectivity index (χ2v) is 7.23. The molecule has 4 rings (SSSR count). The summed E-state index contributed by atoms with van der Waals surface area (Å²) in [5.41, 5.74) is 1.85. The van der Waals surface area contributed by atoms with Crippen LogP contribution in [0.1, 0.15) is 18.4 Å². The number of esters is 1. The number of rotatable bonds is 2. The Hall–Kier alpha value is -1.36. The van der Waals surface area contributed by atoms with Gasteiger partial charge in [-0.2, -0.15) is 0 Å². The molecule has 4 nitrogen and oxygen atoms in total. The Morgan fingerprint density at radius 2 is 2.19 bits per heavy atom. The van der Waals surface area contributed by atoms with E-state index in [9.17, 15) is 9.59 Å². The Labute approximate surface area is 131 Å². The second kappa shape index (κ2) is 4.57. The average Bonchev–Trinajstić information content (AvgIpc) is 3.04. The number of halogens is 1. The highest BCUT2D eigenvalue weighted by Gasteiger charge is 2.63. The number of anilines is 1. The van der Waals surface area contributed by atoms with E-state index in [1.807, 2.05) is 25.1 Å². The zero-order valence-electron chi connectivity index (χ0n) is 11.6. The molecule has 2 saturated carbocycles. The molecule has 2 bridgehead atoms. The van der Waals surface area contributed by atoms with Gasteiger partial charge in [0.05, 0.1) is 11.8 Å². The Morgan fingerprint density at radius 3 is 2.95 bits per heavy atom. The van der Waals surface area contributed by atoms with Crippen LogP contribution in [0.15, 0.2) is 22.7 Å². The van der Waals surface area contributed by atoms with E-state index < -0.39 is 0 Å². The van der Waals surface area contributed by atoms with Crippen molar-refractivity contribution in [2.24, 2.45) is 23.7 Å². The topological polar surface area (TPSA) is 55.4 Å². The maximum absolute atomic E-state index is 12.6. The normalized spacial score (nSPS) is 35.9. The summed E-state index contributed by atoms with van der Waals surface area (Å²) >= 11 is 3.45. The Morgan fingerprint density at radius 1 is 1.38 bits per heavy atom. The Kier molecular flexibility index (Phi) is 2.89. The number of nitrogens with one attached hydrogen (secondary N) is 1. The first-order valence-corrected chi connectivity index (χ1v) is 8.11. The summed E-state index contributed by atoms with van der Waals surface area (Å²) in [5, 5.41) is 2.97. The van der Waals surface area contributed by atoms with Crippen LogP contribution in [0.5, 0.6) is 0 Å². The van der Waals surface area contributed by atoms with Crippen molar-refractivity contribution in [1.82, 2.24) is 0 Å². The van der Waals surface area contributed by atoms with E-state index in [2.05, 4.69) is 21.2 Å². The molecule has 0 unspecified atom stereocenters. The van der Waals surface area contributed by atoms with Gasteiger partial charge in [0, 0.05) is 16.1 Å². The molecule has 1 N–H and O–H groups in total. The first-order chi connectivity index (χ1) is 10.0. The van der Waals surface area contributed by atoms with Crippen LogP contribution in [0.4, 0.5) is 5.69 Å². The van der Waals surface area contributed by atoms with E-state index in [4.69, 9.17) is 4.74 Å². The largest absolute Gasteiger partial charge is 0.462 e. The fourth-order valence-corrected chi connectivity index (χ4v) is 4.56. The quantitative estimate of drug-likeness (QED) is 0.835. The lowest BCUT2D eigenvalue weighted by atomic mass is 9.79. The minimum atomic E-state index is -0.217. The summed E-state index contributed by atoms with van der Waals surface area (Å²) in [6.07, 6.45) is 1.88. The molecule has 0 spiro atoms. The predicted octanol–water partition coefficient (Wildman–Crippen LogP) is 2.89. The van der Waals surface area contributed by atoms with Gasteiger partial charge >= 0.3 is 5.97 Å². The molecular weight excluding hydrogens is 334 g/mol. The lowest BCUT2D eigenvalue weighted by Gasteiger charge is -2.23. The van der Waals surface area contributed by atoms with Crippen molar-refractivity contribution in [1.29, 1.82) is 0 Å². The van der Waals surface area contributed by atoms with Crippen molar-refractivity contribution < 1.29 is 14.3 Å². The third-order valence-corrected chi connectivity index (χ3v) is 6.10. The molecule has 5 atom stereocenters. The molecule has 1 amide bonds. The van der Waals surface area contributed by atoms with Crippen LogP contribution >= 0.6 is 15.9 Å². The van der Waals surface area contributed by atoms with Crippen molar-refractivity contribution in [3.63, 3.8) is 0 Å². The number of benzene rings is 1. The van der Waals surface area contributed by atoms with E-state index in [1.165, 1.54) is 0 Å². The third kappa shape index (κ3) is 1.94. The summed E-state index contributed by atoms with van der Waals surface area (Å²) < 4.78 is 6.40. The summed E-state index contributed by atoms with van der Waals surface area (Å²) in [4.78, 5) is 24.6. The number of amides is 1. The number of carbonyl (C=O) groups is 2. The van der Waals surface area contributed by atoms with Crippen molar-refractivity contribution >= 4 is 33.5 Å². The monoisotopic (exact) mass is 349 g/mol. The number of aryl methyl sites for hydroxylation is 1. The Balaban J connectivity index is 1.55. The number of hydrogen-bond donors (Lipinski definition) is 1. The van der Waals surface area contributed by atoms with E-state index in [1.54, 1.807) is 0 Å². The van der Waals surface area contributed by atoms with Crippen molar-refractivity contribution in [3.8, 4) is 0 Å². The number of hydrogen-bond acceptors (Lipinski definition) is 3. The summed E-state index contributed by atoms with van der Waals surface area (Å²) in [6.45, 7) is 1.98. The molecule has 0 radical (unpaired) electrons. The van der Waals surface area contributed by atoms with Gasteiger partial charge < -0.3 is 10.1 Å². The molecule has 1 aromatic rings. The fourth-order valence-electron chi connectivity index (χ4n) is 4.31. The fraction of sp³-hybridized carbons (Fsp3) is 0.500. The second-order valence-electron chi connectivity index (χ2n) is 6.38. The van der Waals surface area contributed by atoms with Gasteiger partial charge in [-0.05, 0) is 49.4 Å². The van der Waals surface area contributed by atoms with Gasteiger partial charge in [-0.15, -0.1) is 0 Å². The molecule has 1 aromatic carbocycles. The van der Waals surface area contributed by atoms with Gasteiger partial charge in [0.1, 0.15) is 6.10 Å². The highest BCUT2D eigenvalue weighted by atomic mass is 79.9.